The molecule has 2 aromatic carbocycles. The van der Waals surface area contributed by atoms with E-state index in [1.807, 2.05) is 54.6 Å². The van der Waals surface area contributed by atoms with E-state index in [2.05, 4.69) is 31.9 Å². The molecule has 0 saturated heterocycles. The second-order valence-electron chi connectivity index (χ2n) is 3.74. The van der Waals surface area contributed by atoms with Crippen molar-refractivity contribution in [3.8, 4) is 0 Å². The maximum atomic E-state index is 11.9. The van der Waals surface area contributed by atoms with E-state index < -0.39 is 0 Å². The third-order valence-electron chi connectivity index (χ3n) is 2.43. The standard InChI is InChI=1S/C15H10Br2O/c16-13-8-6-11(10-14(13)17)7-9-15(18)12-4-2-1-3-5-12/h1-10H/b9-7+. The molecule has 90 valence electrons. The van der Waals surface area contributed by atoms with Gasteiger partial charge in [0.2, 0.25) is 0 Å². The fraction of sp³-hybridized carbons (Fsp3) is 0. The van der Waals surface area contributed by atoms with Gasteiger partial charge in [0.15, 0.2) is 5.78 Å². The molecule has 1 nitrogen and oxygen atoms in total. The van der Waals surface area contributed by atoms with Crippen LogP contribution >= 0.6 is 31.9 Å². The van der Waals surface area contributed by atoms with Crippen LogP contribution in [-0.2, 0) is 0 Å². The zero-order chi connectivity index (χ0) is 13.0. The van der Waals surface area contributed by atoms with Gasteiger partial charge in [0.1, 0.15) is 0 Å². The van der Waals surface area contributed by atoms with Crippen LogP contribution in [0.4, 0.5) is 0 Å². The van der Waals surface area contributed by atoms with Gasteiger partial charge in [0.25, 0.3) is 0 Å². The van der Waals surface area contributed by atoms with Crippen LogP contribution in [0.15, 0.2) is 63.6 Å². The summed E-state index contributed by atoms with van der Waals surface area (Å²) in [7, 11) is 0. The lowest BCUT2D eigenvalue weighted by Gasteiger charge is -1.98. The highest BCUT2D eigenvalue weighted by molar-refractivity contribution is 9.13. The molecule has 0 radical (unpaired) electrons. The largest absolute Gasteiger partial charge is 0.289 e. The molecule has 0 aliphatic heterocycles. The van der Waals surface area contributed by atoms with Gasteiger partial charge in [-0.15, -0.1) is 0 Å². The Morgan fingerprint density at radius 1 is 0.944 bits per heavy atom. The molecule has 0 N–H and O–H groups in total. The third kappa shape index (κ3) is 3.40. The second kappa shape index (κ2) is 6.12. The Bertz CT molecular complexity index is 589. The number of allylic oxidation sites excluding steroid dienone is 1. The van der Waals surface area contributed by atoms with Crippen molar-refractivity contribution in [2.75, 3.05) is 0 Å². The minimum Gasteiger partial charge on any atom is -0.289 e. The van der Waals surface area contributed by atoms with Crippen molar-refractivity contribution in [3.05, 3.63) is 74.7 Å². The lowest BCUT2D eigenvalue weighted by atomic mass is 10.1. The van der Waals surface area contributed by atoms with Crippen molar-refractivity contribution in [1.29, 1.82) is 0 Å². The summed E-state index contributed by atoms with van der Waals surface area (Å²) in [6.45, 7) is 0. The molecule has 0 bridgehead atoms. The highest BCUT2D eigenvalue weighted by Gasteiger charge is 2.00. The maximum Gasteiger partial charge on any atom is 0.185 e. The summed E-state index contributed by atoms with van der Waals surface area (Å²) in [5.74, 6) is 0.00893. The molecule has 0 aliphatic rings. The molecular formula is C15H10Br2O. The highest BCUT2D eigenvalue weighted by Crippen LogP contribution is 2.24. The monoisotopic (exact) mass is 364 g/mol. The zero-order valence-corrected chi connectivity index (χ0v) is 12.6. The number of carbonyl (C=O) groups is 1. The number of halogens is 2. The predicted molar refractivity (Wildman–Crippen MR) is 81.6 cm³/mol. The van der Waals surface area contributed by atoms with E-state index >= 15 is 0 Å². The number of ketones is 1. The van der Waals surface area contributed by atoms with Crippen LogP contribution in [0.1, 0.15) is 15.9 Å². The number of rotatable bonds is 3. The van der Waals surface area contributed by atoms with E-state index in [0.717, 1.165) is 14.5 Å². The summed E-state index contributed by atoms with van der Waals surface area (Å²) in [5, 5.41) is 0. The van der Waals surface area contributed by atoms with E-state index in [0.29, 0.717) is 5.56 Å². The van der Waals surface area contributed by atoms with Gasteiger partial charge in [-0.3, -0.25) is 4.79 Å². The van der Waals surface area contributed by atoms with Gasteiger partial charge in [-0.1, -0.05) is 42.5 Å². The van der Waals surface area contributed by atoms with E-state index in [9.17, 15) is 4.79 Å². The van der Waals surface area contributed by atoms with Crippen molar-refractivity contribution < 1.29 is 4.79 Å². The molecule has 2 rings (SSSR count). The average molecular weight is 366 g/mol. The minimum absolute atomic E-state index is 0.00893. The van der Waals surface area contributed by atoms with Gasteiger partial charge < -0.3 is 0 Å². The van der Waals surface area contributed by atoms with Crippen LogP contribution in [0.5, 0.6) is 0 Å². The fourth-order valence-electron chi connectivity index (χ4n) is 1.49. The molecule has 0 unspecified atom stereocenters. The summed E-state index contributed by atoms with van der Waals surface area (Å²) in [4.78, 5) is 11.9. The van der Waals surface area contributed by atoms with Crippen molar-refractivity contribution >= 4 is 43.7 Å². The van der Waals surface area contributed by atoms with E-state index in [4.69, 9.17) is 0 Å². The third-order valence-corrected chi connectivity index (χ3v) is 4.31. The first-order valence-corrected chi connectivity index (χ1v) is 6.98. The van der Waals surface area contributed by atoms with Crippen LogP contribution in [0.25, 0.3) is 6.08 Å². The van der Waals surface area contributed by atoms with Gasteiger partial charge in [-0.2, -0.15) is 0 Å². The Hall–Kier alpha value is -1.19. The molecular weight excluding hydrogens is 356 g/mol. The number of benzene rings is 2. The molecule has 0 heterocycles. The number of carbonyl (C=O) groups excluding carboxylic acids is 1. The number of hydrogen-bond donors (Lipinski definition) is 0. The first-order chi connectivity index (χ1) is 8.66. The molecule has 18 heavy (non-hydrogen) atoms. The first-order valence-electron chi connectivity index (χ1n) is 5.39. The van der Waals surface area contributed by atoms with Crippen molar-refractivity contribution in [2.45, 2.75) is 0 Å². The van der Waals surface area contributed by atoms with Gasteiger partial charge in [0.05, 0.1) is 0 Å². The van der Waals surface area contributed by atoms with Crippen LogP contribution in [0, 0.1) is 0 Å². The van der Waals surface area contributed by atoms with Crippen molar-refractivity contribution in [2.24, 2.45) is 0 Å². The quantitative estimate of drug-likeness (QED) is 0.545. The Labute approximate surface area is 123 Å². The normalized spacial score (nSPS) is 10.8. The zero-order valence-electron chi connectivity index (χ0n) is 9.44. The summed E-state index contributed by atoms with van der Waals surface area (Å²) in [6, 6.07) is 15.1. The Kier molecular flexibility index (Phi) is 4.50. The van der Waals surface area contributed by atoms with Crippen molar-refractivity contribution in [3.63, 3.8) is 0 Å². The average Bonchev–Trinajstić information content (AvgIpc) is 2.41. The minimum atomic E-state index is 0.00893. The maximum absolute atomic E-state index is 11.9. The highest BCUT2D eigenvalue weighted by atomic mass is 79.9. The Morgan fingerprint density at radius 3 is 2.33 bits per heavy atom. The summed E-state index contributed by atoms with van der Waals surface area (Å²) < 4.78 is 1.96. The molecule has 2 aromatic rings. The van der Waals surface area contributed by atoms with Gasteiger partial charge >= 0.3 is 0 Å². The predicted octanol–water partition coefficient (Wildman–Crippen LogP) is 5.11. The molecule has 0 fully saturated rings. The molecule has 0 spiro atoms. The van der Waals surface area contributed by atoms with Crippen molar-refractivity contribution in [1.82, 2.24) is 0 Å². The van der Waals surface area contributed by atoms with Gasteiger partial charge in [-0.05, 0) is 55.6 Å². The van der Waals surface area contributed by atoms with Crippen LogP contribution < -0.4 is 0 Å². The summed E-state index contributed by atoms with van der Waals surface area (Å²) >= 11 is 6.84. The van der Waals surface area contributed by atoms with Crippen LogP contribution in [-0.4, -0.2) is 5.78 Å². The number of hydrogen-bond acceptors (Lipinski definition) is 1. The van der Waals surface area contributed by atoms with E-state index in [1.165, 1.54) is 0 Å². The van der Waals surface area contributed by atoms with Crippen LogP contribution in [0.2, 0.25) is 0 Å². The molecule has 0 aliphatic carbocycles. The molecule has 0 saturated carbocycles. The summed E-state index contributed by atoms with van der Waals surface area (Å²) in [6.07, 6.45) is 3.40. The SMILES string of the molecule is O=C(/C=C/c1ccc(Br)c(Br)c1)c1ccccc1. The first kappa shape index (κ1) is 13.2. The van der Waals surface area contributed by atoms with Gasteiger partial charge in [-0.25, -0.2) is 0 Å². The lowest BCUT2D eigenvalue weighted by Crippen LogP contribution is -1.92. The summed E-state index contributed by atoms with van der Waals surface area (Å²) in [5.41, 5.74) is 1.68. The fourth-order valence-corrected chi connectivity index (χ4v) is 2.13. The van der Waals surface area contributed by atoms with Crippen LogP contribution in [0.3, 0.4) is 0 Å². The molecule has 3 heteroatoms. The van der Waals surface area contributed by atoms with E-state index in [-0.39, 0.29) is 5.78 Å². The Morgan fingerprint density at radius 2 is 1.67 bits per heavy atom. The smallest absolute Gasteiger partial charge is 0.185 e. The molecule has 0 atom stereocenters. The second-order valence-corrected chi connectivity index (χ2v) is 5.45. The lowest BCUT2D eigenvalue weighted by molar-refractivity contribution is 0.104. The molecule has 0 aromatic heterocycles. The molecule has 0 amide bonds. The van der Waals surface area contributed by atoms with Gasteiger partial charge in [0, 0.05) is 14.5 Å². The Balaban J connectivity index is 2.16. The van der Waals surface area contributed by atoms with E-state index in [1.54, 1.807) is 6.08 Å². The topological polar surface area (TPSA) is 17.1 Å².